The van der Waals surface area contributed by atoms with Gasteiger partial charge in [0.15, 0.2) is 0 Å². The maximum Gasteiger partial charge on any atom is 0.327 e. The number of benzene rings is 1. The van der Waals surface area contributed by atoms with Crippen molar-refractivity contribution in [3.8, 4) is 5.75 Å². The zero-order valence-electron chi connectivity index (χ0n) is 11.6. The van der Waals surface area contributed by atoms with Gasteiger partial charge >= 0.3 is 5.97 Å². The minimum atomic E-state index is -0.973. The van der Waals surface area contributed by atoms with Crippen LogP contribution >= 0.6 is 11.5 Å². The van der Waals surface area contributed by atoms with Crippen LogP contribution < -0.4 is 10.3 Å². The normalized spacial score (nSPS) is 12.8. The minimum absolute atomic E-state index is 0.197. The first-order valence-electron chi connectivity index (χ1n) is 6.36. The summed E-state index contributed by atoms with van der Waals surface area (Å²) in [5.41, 5.74) is -0.249. The van der Waals surface area contributed by atoms with E-state index in [1.165, 1.54) is 15.5 Å². The highest BCUT2D eigenvalue weighted by Gasteiger charge is 2.24. The average molecular weight is 295 g/mol. The molecule has 6 heteroatoms. The third-order valence-electron chi connectivity index (χ3n) is 3.08. The molecule has 2 rings (SSSR count). The van der Waals surface area contributed by atoms with E-state index in [-0.39, 0.29) is 11.5 Å². The first-order chi connectivity index (χ1) is 9.43. The standard InChI is InChI=1S/C14H17NO4S/c1-8(2)6-11(14(17)18)15-13(16)10-5-4-9(19-3)7-12(10)20-15/h4-5,7-8,11H,6H2,1-3H3,(H,17,18). The topological polar surface area (TPSA) is 68.5 Å². The molecule has 1 unspecified atom stereocenters. The second-order valence-corrected chi connectivity index (χ2v) is 6.08. The number of aromatic nitrogens is 1. The van der Waals surface area contributed by atoms with E-state index in [1.54, 1.807) is 25.3 Å². The molecule has 1 N–H and O–H groups in total. The molecule has 1 heterocycles. The zero-order valence-corrected chi connectivity index (χ0v) is 12.4. The van der Waals surface area contributed by atoms with Crippen molar-refractivity contribution in [1.29, 1.82) is 0 Å². The van der Waals surface area contributed by atoms with Gasteiger partial charge < -0.3 is 9.84 Å². The van der Waals surface area contributed by atoms with E-state index >= 15 is 0 Å². The van der Waals surface area contributed by atoms with Crippen molar-refractivity contribution in [3.63, 3.8) is 0 Å². The molecule has 0 radical (unpaired) electrons. The van der Waals surface area contributed by atoms with E-state index in [2.05, 4.69) is 0 Å². The lowest BCUT2D eigenvalue weighted by Gasteiger charge is -2.14. The highest BCUT2D eigenvalue weighted by atomic mass is 32.1. The molecule has 0 amide bonds. The van der Waals surface area contributed by atoms with Crippen LogP contribution in [0, 0.1) is 5.92 Å². The highest BCUT2D eigenvalue weighted by Crippen LogP contribution is 2.27. The monoisotopic (exact) mass is 295 g/mol. The average Bonchev–Trinajstić information content (AvgIpc) is 2.72. The van der Waals surface area contributed by atoms with Crippen molar-refractivity contribution in [1.82, 2.24) is 3.96 Å². The number of hydrogen-bond donors (Lipinski definition) is 1. The first-order valence-corrected chi connectivity index (χ1v) is 7.13. The van der Waals surface area contributed by atoms with Crippen LogP contribution in [0.2, 0.25) is 0 Å². The number of carbonyl (C=O) groups is 1. The molecular formula is C14H17NO4S. The molecule has 20 heavy (non-hydrogen) atoms. The summed E-state index contributed by atoms with van der Waals surface area (Å²) in [6.07, 6.45) is 0.430. The van der Waals surface area contributed by atoms with Crippen LogP contribution in [0.25, 0.3) is 10.1 Å². The summed E-state index contributed by atoms with van der Waals surface area (Å²) in [6.45, 7) is 3.88. The Morgan fingerprint density at radius 3 is 2.70 bits per heavy atom. The van der Waals surface area contributed by atoms with E-state index in [1.807, 2.05) is 13.8 Å². The molecule has 1 aromatic carbocycles. The molecule has 0 aliphatic heterocycles. The zero-order chi connectivity index (χ0) is 14.9. The van der Waals surface area contributed by atoms with Gasteiger partial charge in [-0.3, -0.25) is 4.79 Å². The molecule has 0 aliphatic rings. The molecule has 1 atom stereocenters. The molecule has 108 valence electrons. The number of nitrogens with zero attached hydrogens (tertiary/aromatic N) is 1. The number of carboxylic acids is 1. The smallest absolute Gasteiger partial charge is 0.327 e. The summed E-state index contributed by atoms with van der Waals surface area (Å²) >= 11 is 1.18. The molecule has 0 aliphatic carbocycles. The Morgan fingerprint density at radius 2 is 2.15 bits per heavy atom. The molecule has 1 aromatic heterocycles. The Morgan fingerprint density at radius 1 is 1.45 bits per heavy atom. The van der Waals surface area contributed by atoms with Crippen molar-refractivity contribution >= 4 is 27.6 Å². The van der Waals surface area contributed by atoms with Gasteiger partial charge in [-0.15, -0.1) is 0 Å². The van der Waals surface area contributed by atoms with E-state index in [0.29, 0.717) is 17.6 Å². The van der Waals surface area contributed by atoms with Crippen LogP contribution in [-0.4, -0.2) is 22.1 Å². The van der Waals surface area contributed by atoms with E-state index in [0.717, 1.165) is 4.70 Å². The molecule has 0 saturated heterocycles. The predicted octanol–water partition coefficient (Wildman–Crippen LogP) is 2.74. The quantitative estimate of drug-likeness (QED) is 0.921. The van der Waals surface area contributed by atoms with Gasteiger partial charge in [0, 0.05) is 0 Å². The van der Waals surface area contributed by atoms with Gasteiger partial charge in [-0.05, 0) is 30.5 Å². The summed E-state index contributed by atoms with van der Waals surface area (Å²) in [6, 6.07) is 4.33. The SMILES string of the molecule is COc1ccc2c(=O)n(C(CC(C)C)C(=O)O)sc2c1. The summed E-state index contributed by atoms with van der Waals surface area (Å²) in [5, 5.41) is 9.88. The van der Waals surface area contributed by atoms with Gasteiger partial charge in [-0.1, -0.05) is 25.4 Å². The Hall–Kier alpha value is -1.82. The Balaban J connectivity index is 2.55. The molecule has 2 aromatic rings. The van der Waals surface area contributed by atoms with Crippen LogP contribution in [0.15, 0.2) is 23.0 Å². The number of carboxylic acid groups (broad SMARTS) is 1. The maximum atomic E-state index is 12.3. The second-order valence-electron chi connectivity index (χ2n) is 5.07. The highest BCUT2D eigenvalue weighted by molar-refractivity contribution is 7.14. The van der Waals surface area contributed by atoms with Crippen molar-refractivity contribution in [3.05, 3.63) is 28.6 Å². The fourth-order valence-corrected chi connectivity index (χ4v) is 3.22. The van der Waals surface area contributed by atoms with Gasteiger partial charge in [0.25, 0.3) is 5.56 Å². The number of ether oxygens (including phenoxy) is 1. The third-order valence-corrected chi connectivity index (χ3v) is 4.23. The van der Waals surface area contributed by atoms with Crippen LogP contribution in [0.4, 0.5) is 0 Å². The summed E-state index contributed by atoms with van der Waals surface area (Å²) in [7, 11) is 1.56. The van der Waals surface area contributed by atoms with Gasteiger partial charge in [0.05, 0.1) is 17.2 Å². The van der Waals surface area contributed by atoms with E-state index in [9.17, 15) is 14.7 Å². The fraction of sp³-hybridized carbons (Fsp3) is 0.429. The molecule has 0 spiro atoms. The predicted molar refractivity (Wildman–Crippen MR) is 78.8 cm³/mol. The molecule has 0 bridgehead atoms. The van der Waals surface area contributed by atoms with E-state index < -0.39 is 12.0 Å². The Bertz CT molecular complexity index is 686. The molecular weight excluding hydrogens is 278 g/mol. The number of aliphatic carboxylic acids is 1. The van der Waals surface area contributed by atoms with E-state index in [4.69, 9.17) is 4.74 Å². The molecule has 0 saturated carbocycles. The van der Waals surface area contributed by atoms with Crippen LogP contribution in [0.5, 0.6) is 5.75 Å². The largest absolute Gasteiger partial charge is 0.497 e. The Labute approximate surface area is 120 Å². The lowest BCUT2D eigenvalue weighted by molar-refractivity contribution is -0.141. The Kier molecular flexibility index (Phi) is 4.13. The maximum absolute atomic E-state index is 12.3. The van der Waals surface area contributed by atoms with Crippen LogP contribution in [0.3, 0.4) is 0 Å². The van der Waals surface area contributed by atoms with Crippen molar-refractivity contribution in [2.24, 2.45) is 5.92 Å². The minimum Gasteiger partial charge on any atom is -0.497 e. The number of hydrogen-bond acceptors (Lipinski definition) is 4. The van der Waals surface area contributed by atoms with Crippen LogP contribution in [0.1, 0.15) is 26.3 Å². The number of methoxy groups -OCH3 is 1. The van der Waals surface area contributed by atoms with Crippen LogP contribution in [-0.2, 0) is 4.79 Å². The molecule has 0 fully saturated rings. The fourth-order valence-electron chi connectivity index (χ4n) is 2.10. The number of fused-ring (bicyclic) bond motifs is 1. The third kappa shape index (κ3) is 2.70. The van der Waals surface area contributed by atoms with Gasteiger partial charge in [0.2, 0.25) is 0 Å². The summed E-state index contributed by atoms with van der Waals surface area (Å²) in [5.74, 6) is -0.122. The number of rotatable bonds is 5. The van der Waals surface area contributed by atoms with Crippen molar-refractivity contribution in [2.75, 3.05) is 7.11 Å². The van der Waals surface area contributed by atoms with Crippen molar-refractivity contribution < 1.29 is 14.6 Å². The first kappa shape index (κ1) is 14.6. The van der Waals surface area contributed by atoms with Gasteiger partial charge in [-0.25, -0.2) is 8.75 Å². The van der Waals surface area contributed by atoms with Crippen molar-refractivity contribution in [2.45, 2.75) is 26.3 Å². The van der Waals surface area contributed by atoms with Gasteiger partial charge in [-0.2, -0.15) is 0 Å². The van der Waals surface area contributed by atoms with Gasteiger partial charge in [0.1, 0.15) is 11.8 Å². The lowest BCUT2D eigenvalue weighted by Crippen LogP contribution is -2.26. The summed E-state index contributed by atoms with van der Waals surface area (Å²) < 4.78 is 7.22. The lowest BCUT2D eigenvalue weighted by atomic mass is 10.0. The summed E-state index contributed by atoms with van der Waals surface area (Å²) in [4.78, 5) is 23.7. The molecule has 5 nitrogen and oxygen atoms in total. The second kappa shape index (κ2) is 5.66.